The molecule has 0 aliphatic carbocycles. The fourth-order valence-corrected chi connectivity index (χ4v) is 2.23. The molecule has 1 atom stereocenters. The van der Waals surface area contributed by atoms with Gasteiger partial charge < -0.3 is 10.1 Å². The van der Waals surface area contributed by atoms with Crippen molar-refractivity contribution in [3.8, 4) is 5.75 Å². The number of hydrogen-bond acceptors (Lipinski definition) is 3. The van der Waals surface area contributed by atoms with Crippen LogP contribution in [0.25, 0.3) is 0 Å². The van der Waals surface area contributed by atoms with Gasteiger partial charge in [-0.05, 0) is 68.0 Å². The number of amides is 1. The summed E-state index contributed by atoms with van der Waals surface area (Å²) in [6.45, 7) is 4.03. The minimum Gasteiger partial charge on any atom is -0.491 e. The third-order valence-electron chi connectivity index (χ3n) is 3.34. The van der Waals surface area contributed by atoms with Gasteiger partial charge in [-0.2, -0.15) is 0 Å². The van der Waals surface area contributed by atoms with Crippen molar-refractivity contribution in [3.05, 3.63) is 59.1 Å². The summed E-state index contributed by atoms with van der Waals surface area (Å²) in [7, 11) is 0. The van der Waals surface area contributed by atoms with Crippen molar-refractivity contribution in [1.29, 1.82) is 0 Å². The molecule has 2 rings (SSSR count). The Morgan fingerprint density at radius 2 is 1.96 bits per heavy atom. The molecule has 0 saturated carbocycles. The number of rotatable bonds is 5. The van der Waals surface area contributed by atoms with E-state index < -0.39 is 0 Å². The van der Waals surface area contributed by atoms with Crippen molar-refractivity contribution in [2.75, 3.05) is 5.32 Å². The Kier molecular flexibility index (Phi) is 6.58. The Morgan fingerprint density at radius 3 is 2.62 bits per heavy atom. The van der Waals surface area contributed by atoms with Crippen LogP contribution >= 0.6 is 23.8 Å². The number of carbonyl (C=O) groups is 1. The van der Waals surface area contributed by atoms with Crippen molar-refractivity contribution >= 4 is 40.5 Å². The Bertz CT molecular complexity index is 719. The summed E-state index contributed by atoms with van der Waals surface area (Å²) in [5.74, 6) is 0.365. The van der Waals surface area contributed by atoms with Gasteiger partial charge in [0.25, 0.3) is 5.91 Å². The van der Waals surface area contributed by atoms with Crippen LogP contribution in [0.4, 0.5) is 5.69 Å². The number of anilines is 1. The lowest BCUT2D eigenvalue weighted by Crippen LogP contribution is -2.34. The zero-order chi connectivity index (χ0) is 17.5. The molecule has 1 unspecified atom stereocenters. The molecule has 0 aliphatic heterocycles. The predicted octanol–water partition coefficient (Wildman–Crippen LogP) is 4.64. The van der Waals surface area contributed by atoms with Crippen LogP contribution in [0.15, 0.2) is 48.5 Å². The Hall–Kier alpha value is -2.11. The van der Waals surface area contributed by atoms with E-state index in [1.54, 1.807) is 42.5 Å². The van der Waals surface area contributed by atoms with E-state index in [0.29, 0.717) is 16.3 Å². The lowest BCUT2D eigenvalue weighted by Gasteiger charge is -2.14. The molecule has 4 nitrogen and oxygen atoms in total. The van der Waals surface area contributed by atoms with Crippen LogP contribution < -0.4 is 15.4 Å². The molecule has 1 amide bonds. The first-order valence-corrected chi connectivity index (χ1v) is 8.41. The van der Waals surface area contributed by atoms with E-state index in [4.69, 9.17) is 28.6 Å². The molecule has 0 bridgehead atoms. The maximum Gasteiger partial charge on any atom is 0.257 e. The average molecular weight is 363 g/mol. The van der Waals surface area contributed by atoms with Gasteiger partial charge in [-0.25, -0.2) is 0 Å². The van der Waals surface area contributed by atoms with E-state index in [9.17, 15) is 4.79 Å². The molecule has 2 aromatic rings. The lowest BCUT2D eigenvalue weighted by molar-refractivity contribution is 0.0977. The monoisotopic (exact) mass is 362 g/mol. The fraction of sp³-hybridized carbons (Fsp3) is 0.222. The second-order valence-corrected chi connectivity index (χ2v) is 6.12. The molecule has 0 saturated heterocycles. The average Bonchev–Trinajstić information content (AvgIpc) is 2.57. The van der Waals surface area contributed by atoms with E-state index >= 15 is 0 Å². The number of benzene rings is 2. The van der Waals surface area contributed by atoms with Crippen molar-refractivity contribution < 1.29 is 9.53 Å². The van der Waals surface area contributed by atoms with Crippen molar-refractivity contribution in [2.24, 2.45) is 0 Å². The predicted molar refractivity (Wildman–Crippen MR) is 102 cm³/mol. The van der Waals surface area contributed by atoms with E-state index in [1.165, 1.54) is 0 Å². The summed E-state index contributed by atoms with van der Waals surface area (Å²) in [6, 6.07) is 14.1. The summed E-state index contributed by atoms with van der Waals surface area (Å²) in [6.07, 6.45) is 0.988. The van der Waals surface area contributed by atoms with E-state index in [1.807, 2.05) is 19.9 Å². The van der Waals surface area contributed by atoms with Gasteiger partial charge in [-0.15, -0.1) is 0 Å². The number of ether oxygens (including phenoxy) is 1. The smallest absolute Gasteiger partial charge is 0.257 e. The Balaban J connectivity index is 1.97. The zero-order valence-electron chi connectivity index (χ0n) is 13.5. The second kappa shape index (κ2) is 8.66. The van der Waals surface area contributed by atoms with Gasteiger partial charge in [0.2, 0.25) is 0 Å². The fourth-order valence-electron chi connectivity index (χ4n) is 1.90. The number of halogens is 1. The largest absolute Gasteiger partial charge is 0.491 e. The third kappa shape index (κ3) is 5.51. The van der Waals surface area contributed by atoms with Crippen LogP contribution in [0.5, 0.6) is 5.75 Å². The van der Waals surface area contributed by atoms with Crippen LogP contribution in [-0.4, -0.2) is 17.1 Å². The normalized spacial score (nSPS) is 11.5. The SMILES string of the molecule is CCC(C)Oc1cccc(C(=O)NC(=S)Nc2ccc(Cl)cc2)c1. The van der Waals surface area contributed by atoms with Gasteiger partial charge >= 0.3 is 0 Å². The quantitative estimate of drug-likeness (QED) is 0.760. The second-order valence-electron chi connectivity index (χ2n) is 5.28. The minimum absolute atomic E-state index is 0.0935. The molecule has 0 spiro atoms. The summed E-state index contributed by atoms with van der Waals surface area (Å²) >= 11 is 11.0. The van der Waals surface area contributed by atoms with E-state index in [0.717, 1.165) is 12.1 Å². The summed E-state index contributed by atoms with van der Waals surface area (Å²) in [5, 5.41) is 6.43. The molecule has 0 radical (unpaired) electrons. The Morgan fingerprint density at radius 1 is 1.25 bits per heavy atom. The summed E-state index contributed by atoms with van der Waals surface area (Å²) < 4.78 is 5.73. The van der Waals surface area contributed by atoms with Crippen molar-refractivity contribution in [1.82, 2.24) is 5.32 Å². The van der Waals surface area contributed by atoms with Crippen LogP contribution in [0.2, 0.25) is 5.02 Å². The third-order valence-corrected chi connectivity index (χ3v) is 3.79. The number of nitrogens with one attached hydrogen (secondary N) is 2. The molecule has 0 aliphatic rings. The molecule has 0 heterocycles. The van der Waals surface area contributed by atoms with Crippen LogP contribution in [0.1, 0.15) is 30.6 Å². The summed E-state index contributed by atoms with van der Waals surface area (Å²) in [4.78, 5) is 12.3. The Labute approximate surface area is 152 Å². The molecular weight excluding hydrogens is 344 g/mol. The first-order chi connectivity index (χ1) is 11.5. The molecule has 0 fully saturated rings. The molecule has 6 heteroatoms. The molecular formula is C18H19ClN2O2S. The highest BCUT2D eigenvalue weighted by atomic mass is 35.5. The van der Waals surface area contributed by atoms with Gasteiger partial charge in [0.15, 0.2) is 5.11 Å². The molecule has 126 valence electrons. The van der Waals surface area contributed by atoms with Gasteiger partial charge in [-0.3, -0.25) is 10.1 Å². The number of carbonyl (C=O) groups excluding carboxylic acids is 1. The standard InChI is InChI=1S/C18H19ClN2O2S/c1-3-12(2)23-16-6-4-5-13(11-16)17(22)21-18(24)20-15-9-7-14(19)8-10-15/h4-12H,3H2,1-2H3,(H2,20,21,22,24). The van der Waals surface area contributed by atoms with Gasteiger partial charge in [0.05, 0.1) is 6.10 Å². The molecule has 24 heavy (non-hydrogen) atoms. The number of hydrogen-bond donors (Lipinski definition) is 2. The van der Waals surface area contributed by atoms with Gasteiger partial charge in [-0.1, -0.05) is 24.6 Å². The first kappa shape index (κ1) is 18.2. The molecule has 0 aromatic heterocycles. The lowest BCUT2D eigenvalue weighted by atomic mass is 10.2. The highest BCUT2D eigenvalue weighted by molar-refractivity contribution is 7.80. The molecule has 2 aromatic carbocycles. The minimum atomic E-state index is -0.295. The summed E-state index contributed by atoms with van der Waals surface area (Å²) in [5.41, 5.74) is 1.23. The highest BCUT2D eigenvalue weighted by Crippen LogP contribution is 2.16. The van der Waals surface area contributed by atoms with Crippen molar-refractivity contribution in [2.45, 2.75) is 26.4 Å². The van der Waals surface area contributed by atoms with Crippen LogP contribution in [-0.2, 0) is 0 Å². The van der Waals surface area contributed by atoms with E-state index in [2.05, 4.69) is 10.6 Å². The zero-order valence-corrected chi connectivity index (χ0v) is 15.1. The first-order valence-electron chi connectivity index (χ1n) is 7.62. The molecule has 2 N–H and O–H groups in total. The van der Waals surface area contributed by atoms with Gasteiger partial charge in [0, 0.05) is 16.3 Å². The van der Waals surface area contributed by atoms with Crippen LogP contribution in [0.3, 0.4) is 0 Å². The van der Waals surface area contributed by atoms with Crippen molar-refractivity contribution in [3.63, 3.8) is 0 Å². The van der Waals surface area contributed by atoms with Gasteiger partial charge in [0.1, 0.15) is 5.75 Å². The maximum absolute atomic E-state index is 12.3. The number of thiocarbonyl (C=S) groups is 1. The van der Waals surface area contributed by atoms with Crippen LogP contribution in [0, 0.1) is 0 Å². The maximum atomic E-state index is 12.3. The highest BCUT2D eigenvalue weighted by Gasteiger charge is 2.10. The van der Waals surface area contributed by atoms with E-state index in [-0.39, 0.29) is 17.1 Å². The topological polar surface area (TPSA) is 50.4 Å².